The second-order valence-corrected chi connectivity index (χ2v) is 8.59. The molecule has 1 aliphatic heterocycles. The number of aromatic nitrogens is 2. The SMILES string of the molecule is O=C(CC1C[S+]([O-])c2cc(Br)cc3[nH]c(=O)c(=O)n1c23)Nc1ccccc1. The van der Waals surface area contributed by atoms with Gasteiger partial charge in [0.15, 0.2) is 4.90 Å². The third-order valence-electron chi connectivity index (χ3n) is 4.37. The summed E-state index contributed by atoms with van der Waals surface area (Å²) in [5.41, 5.74) is -0.0736. The Morgan fingerprint density at radius 1 is 1.30 bits per heavy atom. The smallest absolute Gasteiger partial charge is 0.317 e. The van der Waals surface area contributed by atoms with Crippen molar-refractivity contribution >= 4 is 49.7 Å². The standard InChI is InChI=1S/C18H14BrN3O4S/c19-10-6-13-16-14(7-10)27(26)9-12(22(16)18(25)17(24)21-13)8-15(23)20-11-4-2-1-3-5-11/h1-7,12H,8-9H2,(H,20,23)(H,21,24). The molecular formula is C18H14BrN3O4S. The summed E-state index contributed by atoms with van der Waals surface area (Å²) in [5.74, 6) is -0.228. The van der Waals surface area contributed by atoms with Crippen LogP contribution >= 0.6 is 15.9 Å². The summed E-state index contributed by atoms with van der Waals surface area (Å²) < 4.78 is 14.7. The van der Waals surface area contributed by atoms with Crippen LogP contribution in [-0.4, -0.2) is 25.8 Å². The zero-order chi connectivity index (χ0) is 19.1. The van der Waals surface area contributed by atoms with Crippen LogP contribution in [0.1, 0.15) is 12.5 Å². The van der Waals surface area contributed by atoms with E-state index in [1.54, 1.807) is 36.4 Å². The van der Waals surface area contributed by atoms with E-state index in [1.807, 2.05) is 6.07 Å². The highest BCUT2D eigenvalue weighted by atomic mass is 79.9. The molecule has 1 aromatic heterocycles. The van der Waals surface area contributed by atoms with Crippen LogP contribution in [0.5, 0.6) is 0 Å². The molecule has 2 heterocycles. The van der Waals surface area contributed by atoms with Gasteiger partial charge in [0, 0.05) is 16.2 Å². The molecule has 4 rings (SSSR count). The minimum atomic E-state index is -1.40. The second kappa shape index (κ2) is 6.99. The summed E-state index contributed by atoms with van der Waals surface area (Å²) in [5, 5.41) is 2.76. The maximum atomic E-state index is 12.7. The first-order valence-electron chi connectivity index (χ1n) is 8.15. The molecule has 0 aliphatic carbocycles. The third-order valence-corrected chi connectivity index (χ3v) is 6.32. The maximum Gasteiger partial charge on any atom is 0.317 e. The first kappa shape index (κ1) is 18.0. The minimum Gasteiger partial charge on any atom is -0.611 e. The molecule has 3 aromatic rings. The number of carbonyl (C=O) groups is 1. The van der Waals surface area contributed by atoms with Gasteiger partial charge in [-0.25, -0.2) is 0 Å². The number of anilines is 1. The number of halogens is 1. The van der Waals surface area contributed by atoms with Crippen molar-refractivity contribution in [2.24, 2.45) is 0 Å². The zero-order valence-electron chi connectivity index (χ0n) is 13.9. The Bertz CT molecular complexity index is 1160. The van der Waals surface area contributed by atoms with Crippen molar-refractivity contribution in [3.05, 3.63) is 67.6 Å². The van der Waals surface area contributed by atoms with Crippen LogP contribution in [0.2, 0.25) is 0 Å². The molecule has 0 fully saturated rings. The normalized spacial score (nSPS) is 18.4. The van der Waals surface area contributed by atoms with Gasteiger partial charge < -0.3 is 14.9 Å². The van der Waals surface area contributed by atoms with Crippen LogP contribution in [-0.2, 0) is 16.0 Å². The van der Waals surface area contributed by atoms with Gasteiger partial charge in [-0.15, -0.1) is 0 Å². The molecule has 9 heteroatoms. The summed E-state index contributed by atoms with van der Waals surface area (Å²) >= 11 is 1.93. The first-order valence-corrected chi connectivity index (χ1v) is 10.3. The molecule has 0 spiro atoms. The summed E-state index contributed by atoms with van der Waals surface area (Å²) in [6.45, 7) is 0. The molecule has 2 unspecified atom stereocenters. The van der Waals surface area contributed by atoms with Crippen molar-refractivity contribution in [1.82, 2.24) is 9.55 Å². The van der Waals surface area contributed by atoms with Crippen molar-refractivity contribution in [2.75, 3.05) is 11.1 Å². The average molecular weight is 448 g/mol. The zero-order valence-corrected chi connectivity index (χ0v) is 16.3. The number of rotatable bonds is 3. The quantitative estimate of drug-likeness (QED) is 0.473. The molecule has 2 N–H and O–H groups in total. The van der Waals surface area contributed by atoms with Crippen LogP contribution in [0.15, 0.2) is 61.4 Å². The van der Waals surface area contributed by atoms with Gasteiger partial charge in [-0.2, -0.15) is 0 Å². The third kappa shape index (κ3) is 3.33. The first-order chi connectivity index (χ1) is 12.9. The molecule has 0 saturated heterocycles. The van der Waals surface area contributed by atoms with E-state index in [4.69, 9.17) is 0 Å². The van der Waals surface area contributed by atoms with Crippen molar-refractivity contribution in [3.63, 3.8) is 0 Å². The lowest BCUT2D eigenvalue weighted by atomic mass is 10.1. The van der Waals surface area contributed by atoms with Crippen LogP contribution in [0, 0.1) is 0 Å². The Morgan fingerprint density at radius 3 is 2.78 bits per heavy atom. The summed E-state index contributed by atoms with van der Waals surface area (Å²) in [6.07, 6.45) is -0.0609. The summed E-state index contributed by atoms with van der Waals surface area (Å²) in [6, 6.07) is 11.6. The van der Waals surface area contributed by atoms with Crippen molar-refractivity contribution in [1.29, 1.82) is 0 Å². The van der Waals surface area contributed by atoms with E-state index in [0.717, 1.165) is 0 Å². The molecule has 138 valence electrons. The number of nitrogens with zero attached hydrogens (tertiary/aromatic N) is 1. The second-order valence-electron chi connectivity index (χ2n) is 6.21. The molecule has 0 bridgehead atoms. The molecule has 0 saturated carbocycles. The van der Waals surface area contributed by atoms with Crippen molar-refractivity contribution in [2.45, 2.75) is 17.4 Å². The number of hydrogen-bond acceptors (Lipinski definition) is 4. The Morgan fingerprint density at radius 2 is 2.04 bits per heavy atom. The fourth-order valence-electron chi connectivity index (χ4n) is 3.26. The van der Waals surface area contributed by atoms with Gasteiger partial charge in [0.25, 0.3) is 0 Å². The predicted molar refractivity (Wildman–Crippen MR) is 107 cm³/mol. The molecule has 2 atom stereocenters. The number of para-hydroxylation sites is 1. The Hall–Kier alpha value is -2.36. The largest absolute Gasteiger partial charge is 0.611 e. The number of benzene rings is 2. The monoisotopic (exact) mass is 447 g/mol. The summed E-state index contributed by atoms with van der Waals surface area (Å²) in [4.78, 5) is 40.0. The van der Waals surface area contributed by atoms with E-state index in [-0.39, 0.29) is 18.1 Å². The molecule has 2 aromatic carbocycles. The highest BCUT2D eigenvalue weighted by Crippen LogP contribution is 2.34. The van der Waals surface area contributed by atoms with Crippen molar-refractivity contribution < 1.29 is 9.35 Å². The van der Waals surface area contributed by atoms with Gasteiger partial charge in [-0.3, -0.25) is 19.0 Å². The molecule has 1 amide bonds. The van der Waals surface area contributed by atoms with Crippen LogP contribution in [0.4, 0.5) is 5.69 Å². The van der Waals surface area contributed by atoms with Crippen LogP contribution < -0.4 is 16.4 Å². The fraction of sp³-hybridized carbons (Fsp3) is 0.167. The molecule has 0 radical (unpaired) electrons. The minimum absolute atomic E-state index is 0.0609. The van der Waals surface area contributed by atoms with Crippen LogP contribution in [0.25, 0.3) is 11.0 Å². The lowest BCUT2D eigenvalue weighted by Crippen LogP contribution is -2.43. The van der Waals surface area contributed by atoms with Crippen molar-refractivity contribution in [3.8, 4) is 0 Å². The van der Waals surface area contributed by atoms with Crippen LogP contribution in [0.3, 0.4) is 0 Å². The Labute approximate surface area is 164 Å². The molecule has 27 heavy (non-hydrogen) atoms. The number of aromatic amines is 1. The number of carbonyl (C=O) groups excluding carboxylic acids is 1. The topological polar surface area (TPSA) is 107 Å². The van der Waals surface area contributed by atoms with Gasteiger partial charge in [-0.1, -0.05) is 34.1 Å². The predicted octanol–water partition coefficient (Wildman–Crippen LogP) is 2.14. The molecular weight excluding hydrogens is 434 g/mol. The molecule has 1 aliphatic rings. The van der Waals surface area contributed by atoms with E-state index in [9.17, 15) is 18.9 Å². The Balaban J connectivity index is 1.77. The van der Waals surface area contributed by atoms with E-state index < -0.39 is 28.3 Å². The van der Waals surface area contributed by atoms with Gasteiger partial charge in [0.05, 0.1) is 18.0 Å². The Kier molecular flexibility index (Phi) is 4.67. The van der Waals surface area contributed by atoms with Gasteiger partial charge in [0.1, 0.15) is 11.3 Å². The van der Waals surface area contributed by atoms with E-state index in [2.05, 4.69) is 26.2 Å². The lowest BCUT2D eigenvalue weighted by Gasteiger charge is -2.28. The number of nitrogens with one attached hydrogen (secondary N) is 2. The van der Waals surface area contributed by atoms with Gasteiger partial charge >= 0.3 is 11.1 Å². The number of H-pyrrole nitrogens is 1. The van der Waals surface area contributed by atoms with E-state index in [1.165, 1.54) is 4.57 Å². The highest BCUT2D eigenvalue weighted by molar-refractivity contribution is 9.10. The van der Waals surface area contributed by atoms with E-state index in [0.29, 0.717) is 26.1 Å². The van der Waals surface area contributed by atoms with Gasteiger partial charge in [0.2, 0.25) is 5.91 Å². The lowest BCUT2D eigenvalue weighted by molar-refractivity contribution is -0.116. The summed E-state index contributed by atoms with van der Waals surface area (Å²) in [7, 11) is 0. The number of hydrogen-bond donors (Lipinski definition) is 2. The molecule has 7 nitrogen and oxygen atoms in total. The van der Waals surface area contributed by atoms with Gasteiger partial charge in [-0.05, 0) is 29.4 Å². The number of amides is 1. The van der Waals surface area contributed by atoms with E-state index >= 15 is 0 Å². The average Bonchev–Trinajstić information content (AvgIpc) is 2.62. The maximum absolute atomic E-state index is 12.7. The highest BCUT2D eigenvalue weighted by Gasteiger charge is 2.34. The fourth-order valence-corrected chi connectivity index (χ4v) is 5.35.